The summed E-state index contributed by atoms with van der Waals surface area (Å²) in [5, 5.41) is 0.597. The summed E-state index contributed by atoms with van der Waals surface area (Å²) in [5.74, 6) is 0.953. The smallest absolute Gasteiger partial charge is 0.255 e. The lowest BCUT2D eigenvalue weighted by molar-refractivity contribution is 0.155. The molecule has 0 amide bonds. The van der Waals surface area contributed by atoms with Gasteiger partial charge >= 0.3 is 0 Å². The van der Waals surface area contributed by atoms with E-state index < -0.39 is 6.43 Å². The van der Waals surface area contributed by atoms with Gasteiger partial charge in [-0.2, -0.15) is 0 Å². The Morgan fingerprint density at radius 1 is 1.56 bits per heavy atom. The molecule has 6 heteroatoms. The van der Waals surface area contributed by atoms with Crippen molar-refractivity contribution in [3.63, 3.8) is 0 Å². The highest BCUT2D eigenvalue weighted by atomic mass is 79.9. The van der Waals surface area contributed by atoms with Crippen LogP contribution in [0.25, 0.3) is 0 Å². The van der Waals surface area contributed by atoms with Crippen molar-refractivity contribution in [3.8, 4) is 5.75 Å². The van der Waals surface area contributed by atoms with Crippen LogP contribution in [-0.4, -0.2) is 36.9 Å². The Bertz CT molecular complexity index is 325. The molecule has 1 heterocycles. The molecule has 3 nitrogen and oxygen atoms in total. The monoisotopic (exact) mass is 294 g/mol. The number of aromatic nitrogens is 1. The van der Waals surface area contributed by atoms with Crippen LogP contribution in [0, 0.1) is 0 Å². The maximum absolute atomic E-state index is 12.4. The van der Waals surface area contributed by atoms with E-state index in [1.165, 1.54) is 12.0 Å². The van der Waals surface area contributed by atoms with Crippen molar-refractivity contribution in [1.29, 1.82) is 0 Å². The van der Waals surface area contributed by atoms with E-state index in [-0.39, 0.29) is 6.54 Å². The summed E-state index contributed by atoms with van der Waals surface area (Å²) in [7, 11) is 1.50. The van der Waals surface area contributed by atoms with Crippen LogP contribution in [0.1, 0.15) is 0 Å². The van der Waals surface area contributed by atoms with E-state index in [2.05, 4.69) is 20.9 Å². The van der Waals surface area contributed by atoms with Gasteiger partial charge in [-0.3, -0.25) is 0 Å². The minimum Gasteiger partial charge on any atom is -0.493 e. The van der Waals surface area contributed by atoms with Crippen LogP contribution in [0.2, 0.25) is 0 Å². The molecule has 0 saturated heterocycles. The number of alkyl halides is 3. The molecule has 0 aromatic carbocycles. The van der Waals surface area contributed by atoms with Gasteiger partial charge in [-0.1, -0.05) is 15.9 Å². The van der Waals surface area contributed by atoms with Crippen molar-refractivity contribution in [2.45, 2.75) is 6.43 Å². The minimum atomic E-state index is -2.40. The molecule has 0 spiro atoms. The molecule has 16 heavy (non-hydrogen) atoms. The van der Waals surface area contributed by atoms with Crippen LogP contribution >= 0.6 is 15.9 Å². The largest absolute Gasteiger partial charge is 0.493 e. The van der Waals surface area contributed by atoms with Gasteiger partial charge in [0.25, 0.3) is 6.43 Å². The van der Waals surface area contributed by atoms with Crippen LogP contribution in [0.4, 0.5) is 14.6 Å². The third-order valence-electron chi connectivity index (χ3n) is 1.98. The Balaban J connectivity index is 2.90. The predicted octanol–water partition coefficient (Wildman–Crippen LogP) is 2.56. The molecule has 0 aliphatic rings. The highest BCUT2D eigenvalue weighted by Crippen LogP contribution is 2.25. The highest BCUT2D eigenvalue weighted by molar-refractivity contribution is 9.09. The second kappa shape index (κ2) is 6.62. The average molecular weight is 295 g/mol. The van der Waals surface area contributed by atoms with Gasteiger partial charge in [-0.25, -0.2) is 13.8 Å². The zero-order chi connectivity index (χ0) is 12.0. The SMILES string of the molecule is COc1cccnc1N(CCBr)CC(F)F. The summed E-state index contributed by atoms with van der Waals surface area (Å²) in [6.45, 7) is 0.108. The zero-order valence-corrected chi connectivity index (χ0v) is 10.5. The van der Waals surface area contributed by atoms with Gasteiger partial charge in [0.2, 0.25) is 0 Å². The van der Waals surface area contributed by atoms with Crippen LogP contribution in [0.3, 0.4) is 0 Å². The molecular formula is C10H13BrF2N2O. The first-order chi connectivity index (χ1) is 7.69. The molecule has 0 saturated carbocycles. The van der Waals surface area contributed by atoms with Gasteiger partial charge in [0.05, 0.1) is 13.7 Å². The molecule has 0 atom stereocenters. The lowest BCUT2D eigenvalue weighted by Crippen LogP contribution is -2.31. The van der Waals surface area contributed by atoms with E-state index in [0.29, 0.717) is 23.4 Å². The first-order valence-electron chi connectivity index (χ1n) is 4.77. The number of halogens is 3. The Morgan fingerprint density at radius 2 is 2.31 bits per heavy atom. The Morgan fingerprint density at radius 3 is 2.88 bits per heavy atom. The van der Waals surface area contributed by atoms with E-state index in [9.17, 15) is 8.78 Å². The number of methoxy groups -OCH3 is 1. The maximum Gasteiger partial charge on any atom is 0.255 e. The van der Waals surface area contributed by atoms with E-state index >= 15 is 0 Å². The average Bonchev–Trinajstić information content (AvgIpc) is 2.28. The van der Waals surface area contributed by atoms with Crippen LogP contribution < -0.4 is 9.64 Å². The first-order valence-corrected chi connectivity index (χ1v) is 5.89. The molecule has 1 aromatic rings. The van der Waals surface area contributed by atoms with Crippen LogP contribution in [0.5, 0.6) is 5.75 Å². The fourth-order valence-electron chi connectivity index (χ4n) is 1.33. The van der Waals surface area contributed by atoms with E-state index in [1.54, 1.807) is 18.3 Å². The fourth-order valence-corrected chi connectivity index (χ4v) is 1.76. The summed E-state index contributed by atoms with van der Waals surface area (Å²) in [6, 6.07) is 3.41. The molecule has 0 N–H and O–H groups in total. The van der Waals surface area contributed by atoms with Gasteiger partial charge in [-0.05, 0) is 12.1 Å². The summed E-state index contributed by atoms with van der Waals surface area (Å²) >= 11 is 3.23. The molecule has 90 valence electrons. The first kappa shape index (κ1) is 13.2. The molecule has 0 radical (unpaired) electrons. The quantitative estimate of drug-likeness (QED) is 0.754. The molecule has 0 aliphatic heterocycles. The number of anilines is 1. The van der Waals surface area contributed by atoms with Gasteiger partial charge in [0.1, 0.15) is 0 Å². The summed E-state index contributed by atoms with van der Waals surface area (Å²) in [6.07, 6.45) is -0.837. The molecule has 1 rings (SSSR count). The predicted molar refractivity (Wildman–Crippen MR) is 62.8 cm³/mol. The third-order valence-corrected chi connectivity index (χ3v) is 2.34. The number of ether oxygens (including phenoxy) is 1. The second-order valence-electron chi connectivity index (χ2n) is 3.06. The van der Waals surface area contributed by atoms with E-state index in [1.807, 2.05) is 0 Å². The van der Waals surface area contributed by atoms with Gasteiger partial charge in [-0.15, -0.1) is 0 Å². The fraction of sp³-hybridized carbons (Fsp3) is 0.500. The van der Waals surface area contributed by atoms with Crippen molar-refractivity contribution in [2.75, 3.05) is 30.4 Å². The molecule has 0 fully saturated rings. The van der Waals surface area contributed by atoms with Crippen molar-refractivity contribution in [2.24, 2.45) is 0 Å². The Labute approximate surface area is 102 Å². The number of nitrogens with zero attached hydrogens (tertiary/aromatic N) is 2. The van der Waals surface area contributed by atoms with E-state index in [0.717, 1.165) is 0 Å². The Hall–Kier alpha value is -0.910. The van der Waals surface area contributed by atoms with Crippen LogP contribution in [0.15, 0.2) is 18.3 Å². The van der Waals surface area contributed by atoms with Gasteiger partial charge in [0, 0.05) is 18.1 Å². The van der Waals surface area contributed by atoms with Crippen molar-refractivity contribution in [1.82, 2.24) is 4.98 Å². The second-order valence-corrected chi connectivity index (χ2v) is 3.85. The Kier molecular flexibility index (Phi) is 5.45. The number of pyridine rings is 1. The van der Waals surface area contributed by atoms with Gasteiger partial charge in [0.15, 0.2) is 11.6 Å². The topological polar surface area (TPSA) is 25.4 Å². The number of hydrogen-bond acceptors (Lipinski definition) is 3. The highest BCUT2D eigenvalue weighted by Gasteiger charge is 2.16. The maximum atomic E-state index is 12.4. The minimum absolute atomic E-state index is 0.348. The molecule has 0 bridgehead atoms. The summed E-state index contributed by atoms with van der Waals surface area (Å²) < 4.78 is 29.9. The molecule has 0 aliphatic carbocycles. The zero-order valence-electron chi connectivity index (χ0n) is 8.87. The standard InChI is InChI=1S/C10H13BrF2N2O/c1-16-8-3-2-5-14-10(8)15(6-4-11)7-9(12)13/h2-3,5,9H,4,6-7H2,1H3. The lowest BCUT2D eigenvalue weighted by atomic mass is 10.3. The third kappa shape index (κ3) is 3.59. The van der Waals surface area contributed by atoms with Crippen molar-refractivity contribution < 1.29 is 13.5 Å². The molecule has 1 aromatic heterocycles. The van der Waals surface area contributed by atoms with Gasteiger partial charge < -0.3 is 9.64 Å². The molecule has 0 unspecified atom stereocenters. The number of hydrogen-bond donors (Lipinski definition) is 0. The lowest BCUT2D eigenvalue weighted by Gasteiger charge is -2.23. The van der Waals surface area contributed by atoms with Crippen molar-refractivity contribution in [3.05, 3.63) is 18.3 Å². The van der Waals surface area contributed by atoms with Crippen LogP contribution in [-0.2, 0) is 0 Å². The van der Waals surface area contributed by atoms with E-state index in [4.69, 9.17) is 4.74 Å². The summed E-state index contributed by atoms with van der Waals surface area (Å²) in [5.41, 5.74) is 0. The number of rotatable bonds is 6. The summed E-state index contributed by atoms with van der Waals surface area (Å²) in [4.78, 5) is 5.57. The normalized spacial score (nSPS) is 10.6. The van der Waals surface area contributed by atoms with Crippen molar-refractivity contribution >= 4 is 21.7 Å². The molecular weight excluding hydrogens is 282 g/mol.